The number of aryl methyl sites for hydroxylation is 1. The lowest BCUT2D eigenvalue weighted by Crippen LogP contribution is -2.37. The third-order valence-electron chi connectivity index (χ3n) is 7.05. The van der Waals surface area contributed by atoms with Gasteiger partial charge in [0.05, 0.1) is 24.5 Å². The summed E-state index contributed by atoms with van der Waals surface area (Å²) < 4.78 is 7.52. The van der Waals surface area contributed by atoms with Gasteiger partial charge in [-0.15, -0.1) is 0 Å². The Morgan fingerprint density at radius 1 is 1.11 bits per heavy atom. The molecule has 1 saturated heterocycles. The Morgan fingerprint density at radius 3 is 2.73 bits per heavy atom. The van der Waals surface area contributed by atoms with Crippen LogP contribution < -0.4 is 15.5 Å². The van der Waals surface area contributed by atoms with Crippen LogP contribution in [0.4, 0.5) is 11.4 Å². The number of rotatable bonds is 6. The minimum atomic E-state index is -0.348. The van der Waals surface area contributed by atoms with Crippen LogP contribution in [0, 0.1) is 0 Å². The highest BCUT2D eigenvalue weighted by Crippen LogP contribution is 2.36. The summed E-state index contributed by atoms with van der Waals surface area (Å²) in [5.41, 5.74) is 7.36. The lowest BCUT2D eigenvalue weighted by Gasteiger charge is -2.31. The van der Waals surface area contributed by atoms with E-state index in [0.29, 0.717) is 11.3 Å². The standard InChI is InChI=1S/C28H31N7O2/c1-33(2)17-18-16-19(4-5-23(18)35-12-14-37-15-13-35)31-26-22-7-9-29-25(24(22)28(36)32-26)20-6-10-30-27-21(20)8-11-34(27)3/h4-11,16,26,31H,12-15,17H2,1-3H3,(H,32,36). The highest BCUT2D eigenvalue weighted by Gasteiger charge is 2.32. The smallest absolute Gasteiger partial charge is 0.255 e. The van der Waals surface area contributed by atoms with Gasteiger partial charge in [0.15, 0.2) is 0 Å². The zero-order chi connectivity index (χ0) is 25.5. The summed E-state index contributed by atoms with van der Waals surface area (Å²) in [4.78, 5) is 26.9. The fourth-order valence-electron chi connectivity index (χ4n) is 5.35. The molecule has 2 aliphatic heterocycles. The molecule has 1 unspecified atom stereocenters. The molecule has 2 N–H and O–H groups in total. The van der Waals surface area contributed by atoms with Gasteiger partial charge < -0.3 is 29.7 Å². The van der Waals surface area contributed by atoms with E-state index >= 15 is 0 Å². The van der Waals surface area contributed by atoms with E-state index in [9.17, 15) is 4.79 Å². The number of ether oxygens (including phenoxy) is 1. The number of hydrogen-bond donors (Lipinski definition) is 2. The van der Waals surface area contributed by atoms with Gasteiger partial charge in [-0.05, 0) is 56.1 Å². The van der Waals surface area contributed by atoms with Crippen molar-refractivity contribution in [2.75, 3.05) is 50.6 Å². The molecule has 190 valence electrons. The van der Waals surface area contributed by atoms with Crippen LogP contribution in [0.5, 0.6) is 0 Å². The molecule has 1 atom stereocenters. The normalized spacial score (nSPS) is 17.4. The Labute approximate surface area is 216 Å². The van der Waals surface area contributed by atoms with Crippen molar-refractivity contribution < 1.29 is 9.53 Å². The molecule has 0 saturated carbocycles. The van der Waals surface area contributed by atoms with E-state index in [1.807, 2.05) is 36.0 Å². The van der Waals surface area contributed by atoms with Crippen molar-refractivity contribution in [3.63, 3.8) is 0 Å². The predicted octanol–water partition coefficient (Wildman–Crippen LogP) is 3.39. The molecule has 0 aliphatic carbocycles. The zero-order valence-corrected chi connectivity index (χ0v) is 21.4. The predicted molar refractivity (Wildman–Crippen MR) is 145 cm³/mol. The van der Waals surface area contributed by atoms with Crippen LogP contribution in [0.25, 0.3) is 22.3 Å². The van der Waals surface area contributed by atoms with Crippen molar-refractivity contribution in [1.82, 2.24) is 24.8 Å². The summed E-state index contributed by atoms with van der Waals surface area (Å²) in [5.74, 6) is -0.130. The minimum absolute atomic E-state index is 0.130. The molecule has 3 aromatic heterocycles. The minimum Gasteiger partial charge on any atom is -0.378 e. The number of nitrogens with one attached hydrogen (secondary N) is 2. The maximum absolute atomic E-state index is 13.2. The van der Waals surface area contributed by atoms with Crippen LogP contribution in [0.15, 0.2) is 55.0 Å². The monoisotopic (exact) mass is 497 g/mol. The largest absolute Gasteiger partial charge is 0.378 e. The number of carbonyl (C=O) groups is 1. The number of carbonyl (C=O) groups excluding carboxylic acids is 1. The van der Waals surface area contributed by atoms with Gasteiger partial charge in [-0.1, -0.05) is 0 Å². The molecule has 0 bridgehead atoms. The van der Waals surface area contributed by atoms with Crippen molar-refractivity contribution in [1.29, 1.82) is 0 Å². The van der Waals surface area contributed by atoms with E-state index in [0.717, 1.165) is 60.7 Å². The number of fused-ring (bicyclic) bond motifs is 2. The molecule has 0 radical (unpaired) electrons. The van der Waals surface area contributed by atoms with E-state index in [4.69, 9.17) is 4.74 Å². The number of hydrogen-bond acceptors (Lipinski definition) is 7. The Balaban J connectivity index is 1.34. The first-order chi connectivity index (χ1) is 18.0. The first-order valence-corrected chi connectivity index (χ1v) is 12.6. The van der Waals surface area contributed by atoms with Crippen molar-refractivity contribution in [3.8, 4) is 11.3 Å². The van der Waals surface area contributed by atoms with Gasteiger partial charge in [-0.3, -0.25) is 9.78 Å². The number of pyridine rings is 2. The lowest BCUT2D eigenvalue weighted by atomic mass is 10.0. The highest BCUT2D eigenvalue weighted by atomic mass is 16.5. The van der Waals surface area contributed by atoms with Gasteiger partial charge in [0.25, 0.3) is 5.91 Å². The summed E-state index contributed by atoms with van der Waals surface area (Å²) in [6.45, 7) is 4.08. The number of morpholine rings is 1. The third kappa shape index (κ3) is 4.30. The number of anilines is 2. The maximum atomic E-state index is 13.2. The summed E-state index contributed by atoms with van der Waals surface area (Å²) >= 11 is 0. The molecule has 9 nitrogen and oxygen atoms in total. The fraction of sp³-hybridized carbons (Fsp3) is 0.321. The fourth-order valence-corrected chi connectivity index (χ4v) is 5.35. The number of aromatic nitrogens is 3. The second-order valence-corrected chi connectivity index (χ2v) is 9.88. The number of benzene rings is 1. The van der Waals surface area contributed by atoms with Gasteiger partial charge >= 0.3 is 0 Å². The molecule has 6 rings (SSSR count). The third-order valence-corrected chi connectivity index (χ3v) is 7.05. The molecule has 1 fully saturated rings. The second-order valence-electron chi connectivity index (χ2n) is 9.88. The molecule has 4 aromatic rings. The highest BCUT2D eigenvalue weighted by molar-refractivity contribution is 6.07. The van der Waals surface area contributed by atoms with Gasteiger partial charge in [0.1, 0.15) is 11.8 Å². The molecule has 37 heavy (non-hydrogen) atoms. The molecular weight excluding hydrogens is 466 g/mol. The van der Waals surface area contributed by atoms with Crippen LogP contribution >= 0.6 is 0 Å². The van der Waals surface area contributed by atoms with Crippen LogP contribution in [0.2, 0.25) is 0 Å². The van der Waals surface area contributed by atoms with Crippen LogP contribution in [-0.2, 0) is 18.3 Å². The van der Waals surface area contributed by atoms with Crippen molar-refractivity contribution in [2.45, 2.75) is 12.7 Å². The summed E-state index contributed by atoms with van der Waals surface area (Å²) in [7, 11) is 6.12. The molecule has 5 heterocycles. The Hall–Kier alpha value is -3.95. The molecule has 1 amide bonds. The van der Waals surface area contributed by atoms with E-state index in [-0.39, 0.29) is 12.1 Å². The number of amides is 1. The van der Waals surface area contributed by atoms with Crippen molar-refractivity contribution in [3.05, 3.63) is 71.7 Å². The van der Waals surface area contributed by atoms with Crippen LogP contribution in [0.3, 0.4) is 0 Å². The molecule has 9 heteroatoms. The first kappa shape index (κ1) is 23.4. The van der Waals surface area contributed by atoms with Crippen molar-refractivity contribution in [2.24, 2.45) is 7.05 Å². The molecule has 1 aromatic carbocycles. The SMILES string of the molecule is CN(C)Cc1cc(NC2NC(=O)c3c2ccnc3-c2ccnc3c2ccn3C)ccc1N1CCOCC1. The number of nitrogens with zero attached hydrogens (tertiary/aromatic N) is 5. The Morgan fingerprint density at radius 2 is 1.92 bits per heavy atom. The quantitative estimate of drug-likeness (QED) is 0.422. The zero-order valence-electron chi connectivity index (χ0n) is 21.4. The van der Waals surface area contributed by atoms with Gasteiger partial charge in [-0.2, -0.15) is 0 Å². The average Bonchev–Trinajstić information content (AvgIpc) is 3.44. The first-order valence-electron chi connectivity index (χ1n) is 12.6. The Bertz CT molecular complexity index is 1470. The van der Waals surface area contributed by atoms with E-state index in [1.54, 1.807) is 12.4 Å². The maximum Gasteiger partial charge on any atom is 0.255 e. The summed E-state index contributed by atoms with van der Waals surface area (Å²) in [5, 5.41) is 7.65. The van der Waals surface area contributed by atoms with Crippen LogP contribution in [-0.4, -0.2) is 65.7 Å². The Kier molecular flexibility index (Phi) is 6.02. The summed E-state index contributed by atoms with van der Waals surface area (Å²) in [6, 6.07) is 12.3. The average molecular weight is 498 g/mol. The molecule has 0 spiro atoms. The second kappa shape index (κ2) is 9.49. The van der Waals surface area contributed by atoms with E-state index in [1.165, 1.54) is 11.3 Å². The van der Waals surface area contributed by atoms with Gasteiger partial charge in [0.2, 0.25) is 0 Å². The van der Waals surface area contributed by atoms with Gasteiger partial charge in [0, 0.05) is 73.2 Å². The molecular formula is C28H31N7O2. The molecule has 2 aliphatic rings. The van der Waals surface area contributed by atoms with Crippen LogP contribution in [0.1, 0.15) is 27.7 Å². The van der Waals surface area contributed by atoms with E-state index in [2.05, 4.69) is 62.7 Å². The lowest BCUT2D eigenvalue weighted by molar-refractivity contribution is 0.0959. The van der Waals surface area contributed by atoms with E-state index < -0.39 is 0 Å². The topological polar surface area (TPSA) is 87.6 Å². The van der Waals surface area contributed by atoms with Crippen molar-refractivity contribution >= 4 is 28.3 Å². The van der Waals surface area contributed by atoms with Gasteiger partial charge in [-0.25, -0.2) is 4.98 Å². The summed E-state index contributed by atoms with van der Waals surface area (Å²) in [6.07, 6.45) is 5.17.